The summed E-state index contributed by atoms with van der Waals surface area (Å²) in [6.45, 7) is 3.46. The number of nitrogens with zero attached hydrogens (tertiary/aromatic N) is 1. The fourth-order valence-electron chi connectivity index (χ4n) is 2.46. The summed E-state index contributed by atoms with van der Waals surface area (Å²) >= 11 is 1.47. The van der Waals surface area contributed by atoms with Crippen molar-refractivity contribution in [1.82, 2.24) is 10.2 Å². The second kappa shape index (κ2) is 6.47. The van der Waals surface area contributed by atoms with Gasteiger partial charge in [-0.1, -0.05) is 0 Å². The van der Waals surface area contributed by atoms with E-state index in [1.807, 2.05) is 6.92 Å². The molecule has 0 saturated carbocycles. The molecular formula is C12H20N2O4S. The van der Waals surface area contributed by atoms with Gasteiger partial charge < -0.3 is 20.1 Å². The van der Waals surface area contributed by atoms with Gasteiger partial charge in [0, 0.05) is 25.0 Å². The van der Waals surface area contributed by atoms with Gasteiger partial charge in [0.1, 0.15) is 6.04 Å². The Morgan fingerprint density at radius 3 is 2.74 bits per heavy atom. The van der Waals surface area contributed by atoms with Crippen LogP contribution in [0.4, 0.5) is 4.79 Å². The molecule has 108 valence electrons. The van der Waals surface area contributed by atoms with Crippen LogP contribution in [0.1, 0.15) is 19.8 Å². The molecule has 2 aliphatic rings. The van der Waals surface area contributed by atoms with Crippen LogP contribution >= 0.6 is 11.8 Å². The number of carbonyl (C=O) groups excluding carboxylic acids is 1. The van der Waals surface area contributed by atoms with Crippen molar-refractivity contribution in [3.8, 4) is 0 Å². The first-order valence-electron chi connectivity index (χ1n) is 6.55. The first kappa shape index (κ1) is 14.5. The van der Waals surface area contributed by atoms with Gasteiger partial charge in [-0.3, -0.25) is 0 Å². The molecule has 2 rings (SSSR count). The lowest BCUT2D eigenvalue weighted by Gasteiger charge is -2.30. The lowest BCUT2D eigenvalue weighted by Crippen LogP contribution is -2.51. The highest BCUT2D eigenvalue weighted by Crippen LogP contribution is 2.22. The van der Waals surface area contributed by atoms with Crippen molar-refractivity contribution < 1.29 is 19.4 Å². The zero-order chi connectivity index (χ0) is 13.8. The molecule has 0 spiro atoms. The van der Waals surface area contributed by atoms with Crippen molar-refractivity contribution in [1.29, 1.82) is 0 Å². The third-order valence-corrected chi connectivity index (χ3v) is 4.76. The van der Waals surface area contributed by atoms with E-state index in [0.29, 0.717) is 17.5 Å². The number of nitrogens with one attached hydrogen (secondary N) is 1. The summed E-state index contributed by atoms with van der Waals surface area (Å²) in [6, 6.07) is -0.917. The molecule has 0 aromatic heterocycles. The predicted octanol–water partition coefficient (Wildman–Crippen LogP) is 0.971. The monoisotopic (exact) mass is 288 g/mol. The number of aliphatic carboxylic acids is 1. The SMILES string of the molecule is CC(NC(=O)N1CSCC1C(=O)O)C1CCOCC1. The van der Waals surface area contributed by atoms with E-state index in [1.54, 1.807) is 0 Å². The number of amides is 2. The Kier molecular flexibility index (Phi) is 4.93. The quantitative estimate of drug-likeness (QED) is 0.809. The van der Waals surface area contributed by atoms with E-state index in [-0.39, 0.29) is 12.1 Å². The van der Waals surface area contributed by atoms with Gasteiger partial charge in [0.05, 0.1) is 5.88 Å². The minimum Gasteiger partial charge on any atom is -0.480 e. The normalized spacial score (nSPS) is 26.2. The molecule has 2 amide bonds. The Hall–Kier alpha value is -0.950. The first-order chi connectivity index (χ1) is 9.09. The molecule has 2 heterocycles. The standard InChI is InChI=1S/C12H20N2O4S/c1-8(9-2-4-18-5-3-9)13-12(17)14-7-19-6-10(14)11(15)16/h8-10H,2-7H2,1H3,(H,13,17)(H,15,16). The van der Waals surface area contributed by atoms with Crippen molar-refractivity contribution in [2.75, 3.05) is 24.8 Å². The van der Waals surface area contributed by atoms with Crippen LogP contribution < -0.4 is 5.32 Å². The highest BCUT2D eigenvalue weighted by atomic mass is 32.2. The molecule has 6 nitrogen and oxygen atoms in total. The van der Waals surface area contributed by atoms with Crippen LogP contribution in [0.2, 0.25) is 0 Å². The number of carboxylic acids is 1. The van der Waals surface area contributed by atoms with Crippen LogP contribution in [0.3, 0.4) is 0 Å². The number of carboxylic acid groups (broad SMARTS) is 1. The van der Waals surface area contributed by atoms with Gasteiger partial charge in [0.15, 0.2) is 0 Å². The van der Waals surface area contributed by atoms with Crippen LogP contribution in [0.15, 0.2) is 0 Å². The smallest absolute Gasteiger partial charge is 0.327 e. The summed E-state index contributed by atoms with van der Waals surface area (Å²) in [7, 11) is 0. The van der Waals surface area contributed by atoms with Crippen molar-refractivity contribution in [2.24, 2.45) is 5.92 Å². The molecule has 2 saturated heterocycles. The predicted molar refractivity (Wildman–Crippen MR) is 72.1 cm³/mol. The van der Waals surface area contributed by atoms with E-state index in [0.717, 1.165) is 26.1 Å². The number of thioether (sulfide) groups is 1. The fraction of sp³-hybridized carbons (Fsp3) is 0.833. The number of hydrogen-bond donors (Lipinski definition) is 2. The lowest BCUT2D eigenvalue weighted by atomic mass is 9.93. The highest BCUT2D eigenvalue weighted by Gasteiger charge is 2.35. The Bertz CT molecular complexity index is 347. The van der Waals surface area contributed by atoms with Gasteiger partial charge in [0.2, 0.25) is 0 Å². The molecule has 7 heteroatoms. The summed E-state index contributed by atoms with van der Waals surface area (Å²) in [5.74, 6) is 0.396. The Balaban J connectivity index is 1.87. The molecular weight excluding hydrogens is 268 g/mol. The van der Waals surface area contributed by atoms with Gasteiger partial charge in [-0.05, 0) is 25.7 Å². The third-order valence-electron chi connectivity index (χ3n) is 3.75. The summed E-state index contributed by atoms with van der Waals surface area (Å²) in [4.78, 5) is 24.6. The second-order valence-corrected chi connectivity index (χ2v) is 6.01. The number of urea groups is 1. The van der Waals surface area contributed by atoms with E-state index in [2.05, 4.69) is 5.32 Å². The van der Waals surface area contributed by atoms with Crippen molar-refractivity contribution in [3.05, 3.63) is 0 Å². The Morgan fingerprint density at radius 2 is 2.11 bits per heavy atom. The van der Waals surface area contributed by atoms with Gasteiger partial charge in [0.25, 0.3) is 0 Å². The minimum atomic E-state index is -0.932. The average Bonchev–Trinajstić information content (AvgIpc) is 2.89. The van der Waals surface area contributed by atoms with Crippen LogP contribution in [0.25, 0.3) is 0 Å². The molecule has 2 fully saturated rings. The van der Waals surface area contributed by atoms with Crippen LogP contribution in [0, 0.1) is 5.92 Å². The zero-order valence-corrected chi connectivity index (χ0v) is 11.8. The first-order valence-corrected chi connectivity index (χ1v) is 7.70. The van der Waals surface area contributed by atoms with E-state index in [4.69, 9.17) is 9.84 Å². The van der Waals surface area contributed by atoms with Crippen molar-refractivity contribution >= 4 is 23.8 Å². The van der Waals surface area contributed by atoms with E-state index in [1.165, 1.54) is 16.7 Å². The van der Waals surface area contributed by atoms with E-state index < -0.39 is 12.0 Å². The molecule has 0 aliphatic carbocycles. The molecule has 0 bridgehead atoms. The molecule has 0 aromatic rings. The molecule has 2 atom stereocenters. The number of hydrogen-bond acceptors (Lipinski definition) is 4. The van der Waals surface area contributed by atoms with E-state index >= 15 is 0 Å². The number of carbonyl (C=O) groups is 2. The van der Waals surface area contributed by atoms with Gasteiger partial charge in [-0.15, -0.1) is 11.8 Å². The largest absolute Gasteiger partial charge is 0.480 e. The number of rotatable bonds is 3. The molecule has 2 unspecified atom stereocenters. The summed E-state index contributed by atoms with van der Waals surface area (Å²) in [6.07, 6.45) is 1.89. The second-order valence-electron chi connectivity index (χ2n) is 5.01. The van der Waals surface area contributed by atoms with Crippen LogP contribution in [-0.4, -0.2) is 58.9 Å². The minimum absolute atomic E-state index is 0.0523. The Morgan fingerprint density at radius 1 is 1.42 bits per heavy atom. The maximum absolute atomic E-state index is 12.1. The zero-order valence-electron chi connectivity index (χ0n) is 11.0. The maximum Gasteiger partial charge on any atom is 0.327 e. The number of ether oxygens (including phenoxy) is 1. The van der Waals surface area contributed by atoms with Gasteiger partial charge in [-0.2, -0.15) is 0 Å². The van der Waals surface area contributed by atoms with E-state index in [9.17, 15) is 9.59 Å². The molecule has 2 aliphatic heterocycles. The summed E-state index contributed by atoms with van der Waals surface area (Å²) in [5.41, 5.74) is 0. The summed E-state index contributed by atoms with van der Waals surface area (Å²) < 4.78 is 5.30. The molecule has 0 radical (unpaired) electrons. The highest BCUT2D eigenvalue weighted by molar-refractivity contribution is 7.99. The molecule has 2 N–H and O–H groups in total. The molecule has 0 aromatic carbocycles. The van der Waals surface area contributed by atoms with Gasteiger partial charge >= 0.3 is 12.0 Å². The van der Waals surface area contributed by atoms with Crippen LogP contribution in [-0.2, 0) is 9.53 Å². The van der Waals surface area contributed by atoms with Crippen molar-refractivity contribution in [3.63, 3.8) is 0 Å². The van der Waals surface area contributed by atoms with Gasteiger partial charge in [-0.25, -0.2) is 9.59 Å². The van der Waals surface area contributed by atoms with Crippen LogP contribution in [0.5, 0.6) is 0 Å². The third kappa shape index (κ3) is 3.54. The average molecular weight is 288 g/mol. The van der Waals surface area contributed by atoms with Crippen molar-refractivity contribution in [2.45, 2.75) is 31.8 Å². The fourth-order valence-corrected chi connectivity index (χ4v) is 3.60. The maximum atomic E-state index is 12.1. The Labute approximate surface area is 116 Å². The topological polar surface area (TPSA) is 78.9 Å². The molecule has 19 heavy (non-hydrogen) atoms. The lowest BCUT2D eigenvalue weighted by molar-refractivity contribution is -0.140. The summed E-state index contributed by atoms with van der Waals surface area (Å²) in [5, 5.41) is 12.0.